The van der Waals surface area contributed by atoms with Crippen molar-refractivity contribution in [3.63, 3.8) is 0 Å². The van der Waals surface area contributed by atoms with E-state index in [4.69, 9.17) is 9.47 Å². The Labute approximate surface area is 186 Å². The van der Waals surface area contributed by atoms with E-state index in [0.717, 1.165) is 35.7 Å². The van der Waals surface area contributed by atoms with Crippen molar-refractivity contribution in [3.05, 3.63) is 63.6 Å². The van der Waals surface area contributed by atoms with Gasteiger partial charge in [0.2, 0.25) is 0 Å². The molecule has 156 valence electrons. The van der Waals surface area contributed by atoms with Crippen molar-refractivity contribution in [3.8, 4) is 17.6 Å². The first kappa shape index (κ1) is 21.9. The van der Waals surface area contributed by atoms with Gasteiger partial charge < -0.3 is 14.4 Å². The van der Waals surface area contributed by atoms with Crippen molar-refractivity contribution in [2.45, 2.75) is 32.3 Å². The van der Waals surface area contributed by atoms with Crippen molar-refractivity contribution in [1.29, 1.82) is 5.26 Å². The third-order valence-corrected chi connectivity index (χ3v) is 5.75. The summed E-state index contributed by atoms with van der Waals surface area (Å²) in [6.07, 6.45) is 5.83. The van der Waals surface area contributed by atoms with E-state index in [0.29, 0.717) is 36.8 Å². The first-order valence-corrected chi connectivity index (χ1v) is 10.9. The average Bonchev–Trinajstić information content (AvgIpc) is 3.07. The molecule has 0 aromatic heterocycles. The molecule has 0 unspecified atom stereocenters. The number of nitrogens with zero attached hydrogens (tertiary/aromatic N) is 2. The Morgan fingerprint density at radius 2 is 1.83 bits per heavy atom. The van der Waals surface area contributed by atoms with Crippen LogP contribution in [-0.2, 0) is 11.4 Å². The Kier molecular flexibility index (Phi) is 7.92. The highest BCUT2D eigenvalue weighted by Crippen LogP contribution is 2.35. The molecule has 1 aliphatic rings. The van der Waals surface area contributed by atoms with Crippen LogP contribution in [0.1, 0.15) is 36.8 Å². The molecule has 0 N–H and O–H groups in total. The number of halogens is 1. The number of hydrogen-bond donors (Lipinski definition) is 0. The minimum atomic E-state index is -0.213. The van der Waals surface area contributed by atoms with E-state index in [-0.39, 0.29) is 11.5 Å². The number of likely N-dealkylation sites (tertiary alicyclic amines) is 1. The molecule has 1 amide bonds. The first-order chi connectivity index (χ1) is 14.6. The largest absolute Gasteiger partial charge is 0.493 e. The minimum absolute atomic E-state index is 0.123. The van der Waals surface area contributed by atoms with Gasteiger partial charge in [0, 0.05) is 17.6 Å². The third kappa shape index (κ3) is 5.64. The average molecular weight is 469 g/mol. The molecule has 2 aromatic carbocycles. The second-order valence-electron chi connectivity index (χ2n) is 7.18. The molecule has 1 fully saturated rings. The monoisotopic (exact) mass is 468 g/mol. The molecule has 2 aromatic rings. The molecule has 0 atom stereocenters. The summed E-state index contributed by atoms with van der Waals surface area (Å²) in [5, 5.41) is 9.60. The summed E-state index contributed by atoms with van der Waals surface area (Å²) in [5.41, 5.74) is 1.87. The van der Waals surface area contributed by atoms with Crippen molar-refractivity contribution in [2.24, 2.45) is 0 Å². The van der Waals surface area contributed by atoms with Crippen molar-refractivity contribution >= 4 is 27.9 Å². The molecule has 0 radical (unpaired) electrons. The zero-order valence-electron chi connectivity index (χ0n) is 17.1. The summed E-state index contributed by atoms with van der Waals surface area (Å²) in [6.45, 7) is 1.82. The Balaban J connectivity index is 1.82. The highest BCUT2D eigenvalue weighted by molar-refractivity contribution is 9.10. The third-order valence-electron chi connectivity index (χ3n) is 5.06. The van der Waals surface area contributed by atoms with Crippen LogP contribution in [0.2, 0.25) is 0 Å². The van der Waals surface area contributed by atoms with E-state index in [1.165, 1.54) is 0 Å². The standard InChI is InChI=1S/C24H25BrN2O3/c1-29-22-14-19(13-20(16-26)24(28)27-11-7-2-3-8-12-27)21(25)15-23(22)30-17-18-9-5-4-6-10-18/h4-6,9-10,13-15H,2-3,7-8,11-12,17H2,1H3. The van der Waals surface area contributed by atoms with Crippen LogP contribution in [0.25, 0.3) is 6.08 Å². The molecule has 6 heteroatoms. The summed E-state index contributed by atoms with van der Waals surface area (Å²) >= 11 is 3.54. The van der Waals surface area contributed by atoms with E-state index in [2.05, 4.69) is 22.0 Å². The summed E-state index contributed by atoms with van der Waals surface area (Å²) in [4.78, 5) is 14.6. The second kappa shape index (κ2) is 10.8. The van der Waals surface area contributed by atoms with Crippen LogP contribution in [0.5, 0.6) is 11.5 Å². The van der Waals surface area contributed by atoms with Gasteiger partial charge in [-0.05, 0) is 42.2 Å². The lowest BCUT2D eigenvalue weighted by molar-refractivity contribution is -0.126. The van der Waals surface area contributed by atoms with Crippen LogP contribution in [0, 0.1) is 11.3 Å². The number of hydrogen-bond acceptors (Lipinski definition) is 4. The van der Waals surface area contributed by atoms with Gasteiger partial charge in [-0.15, -0.1) is 0 Å². The molecule has 5 nitrogen and oxygen atoms in total. The summed E-state index contributed by atoms with van der Waals surface area (Å²) in [5.74, 6) is 0.914. The molecule has 1 heterocycles. The van der Waals surface area contributed by atoms with E-state index in [9.17, 15) is 10.1 Å². The van der Waals surface area contributed by atoms with Gasteiger partial charge >= 0.3 is 0 Å². The molecule has 3 rings (SSSR count). The number of ether oxygens (including phenoxy) is 2. The van der Waals surface area contributed by atoms with Gasteiger partial charge in [0.25, 0.3) is 5.91 Å². The lowest BCUT2D eigenvalue weighted by Gasteiger charge is -2.19. The Morgan fingerprint density at radius 3 is 2.47 bits per heavy atom. The van der Waals surface area contributed by atoms with Crippen LogP contribution >= 0.6 is 15.9 Å². The van der Waals surface area contributed by atoms with Crippen LogP contribution < -0.4 is 9.47 Å². The fraction of sp³-hybridized carbons (Fsp3) is 0.333. The van der Waals surface area contributed by atoms with Crippen molar-refractivity contribution in [2.75, 3.05) is 20.2 Å². The van der Waals surface area contributed by atoms with Gasteiger partial charge in [0.05, 0.1) is 7.11 Å². The Bertz CT molecular complexity index is 943. The zero-order valence-corrected chi connectivity index (χ0v) is 18.7. The van der Waals surface area contributed by atoms with Gasteiger partial charge in [-0.2, -0.15) is 5.26 Å². The van der Waals surface area contributed by atoms with Gasteiger partial charge in [0.15, 0.2) is 11.5 Å². The van der Waals surface area contributed by atoms with E-state index >= 15 is 0 Å². The normalized spacial score (nSPS) is 14.6. The number of benzene rings is 2. The maximum absolute atomic E-state index is 12.8. The zero-order chi connectivity index (χ0) is 21.3. The van der Waals surface area contributed by atoms with Crippen LogP contribution in [0.4, 0.5) is 0 Å². The van der Waals surface area contributed by atoms with Crippen molar-refractivity contribution < 1.29 is 14.3 Å². The predicted octanol–water partition coefficient (Wildman–Crippen LogP) is 5.35. The predicted molar refractivity (Wildman–Crippen MR) is 120 cm³/mol. The number of amides is 1. The summed E-state index contributed by atoms with van der Waals surface area (Å²) in [6, 6.07) is 15.5. The molecule has 0 spiro atoms. The summed E-state index contributed by atoms with van der Waals surface area (Å²) in [7, 11) is 1.57. The van der Waals surface area contributed by atoms with Gasteiger partial charge in [0.1, 0.15) is 18.2 Å². The quantitative estimate of drug-likeness (QED) is 0.423. The highest BCUT2D eigenvalue weighted by atomic mass is 79.9. The Morgan fingerprint density at radius 1 is 1.13 bits per heavy atom. The van der Waals surface area contributed by atoms with E-state index < -0.39 is 0 Å². The maximum Gasteiger partial charge on any atom is 0.264 e. The SMILES string of the molecule is COc1cc(C=C(C#N)C(=O)N2CCCCCC2)c(Br)cc1OCc1ccccc1. The lowest BCUT2D eigenvalue weighted by atomic mass is 10.1. The summed E-state index contributed by atoms with van der Waals surface area (Å²) < 4.78 is 12.1. The Hall–Kier alpha value is -2.78. The molecule has 1 saturated heterocycles. The van der Waals surface area contributed by atoms with Crippen LogP contribution in [-0.4, -0.2) is 31.0 Å². The number of methoxy groups -OCH3 is 1. The minimum Gasteiger partial charge on any atom is -0.493 e. The van der Waals surface area contributed by atoms with Crippen LogP contribution in [0.3, 0.4) is 0 Å². The van der Waals surface area contributed by atoms with Crippen LogP contribution in [0.15, 0.2) is 52.5 Å². The molecule has 0 bridgehead atoms. The first-order valence-electron chi connectivity index (χ1n) is 10.1. The van der Waals surface area contributed by atoms with Gasteiger partial charge in [-0.1, -0.05) is 59.1 Å². The van der Waals surface area contributed by atoms with Crippen molar-refractivity contribution in [1.82, 2.24) is 4.90 Å². The molecule has 1 aliphatic heterocycles. The number of nitriles is 1. The van der Waals surface area contributed by atoms with Gasteiger partial charge in [-0.25, -0.2) is 0 Å². The number of carbonyl (C=O) groups is 1. The fourth-order valence-electron chi connectivity index (χ4n) is 3.41. The molecule has 30 heavy (non-hydrogen) atoms. The molecular weight excluding hydrogens is 444 g/mol. The molecule has 0 aliphatic carbocycles. The lowest BCUT2D eigenvalue weighted by Crippen LogP contribution is -2.32. The topological polar surface area (TPSA) is 62.6 Å². The smallest absolute Gasteiger partial charge is 0.264 e. The van der Waals surface area contributed by atoms with E-state index in [1.807, 2.05) is 30.3 Å². The molecule has 0 saturated carbocycles. The molecular formula is C24H25BrN2O3. The number of rotatable bonds is 6. The maximum atomic E-state index is 12.8. The second-order valence-corrected chi connectivity index (χ2v) is 8.03. The van der Waals surface area contributed by atoms with E-state index in [1.54, 1.807) is 30.2 Å². The highest BCUT2D eigenvalue weighted by Gasteiger charge is 2.20. The van der Waals surface area contributed by atoms with Gasteiger partial charge in [-0.3, -0.25) is 4.79 Å². The fourth-order valence-corrected chi connectivity index (χ4v) is 3.85. The number of carbonyl (C=O) groups excluding carboxylic acids is 1.